The van der Waals surface area contributed by atoms with Crippen molar-refractivity contribution >= 4 is 38.9 Å². The van der Waals surface area contributed by atoms with Crippen molar-refractivity contribution in [2.24, 2.45) is 11.3 Å². The first-order valence-corrected chi connectivity index (χ1v) is 7.06. The number of nitrogens with one attached hydrogen (secondary N) is 1. The third kappa shape index (κ3) is 2.26. The van der Waals surface area contributed by atoms with Crippen molar-refractivity contribution in [2.75, 3.05) is 7.05 Å². The van der Waals surface area contributed by atoms with Crippen molar-refractivity contribution in [1.29, 1.82) is 0 Å². The summed E-state index contributed by atoms with van der Waals surface area (Å²) in [6, 6.07) is 2.53. The van der Waals surface area contributed by atoms with E-state index in [0.29, 0.717) is 11.5 Å². The van der Waals surface area contributed by atoms with Crippen LogP contribution in [-0.2, 0) is 0 Å². The molecule has 1 fully saturated rings. The Balaban J connectivity index is 2.21. The van der Waals surface area contributed by atoms with Crippen molar-refractivity contribution in [3.05, 3.63) is 19.8 Å². The predicted octanol–water partition coefficient (Wildman–Crippen LogP) is 4.47. The van der Waals surface area contributed by atoms with Crippen LogP contribution in [0.2, 0.25) is 5.02 Å². The SMILES string of the molecule is CNC(c1cc(Cl)c(Br)s1)C1CC1(C)C. The van der Waals surface area contributed by atoms with Gasteiger partial charge in [-0.1, -0.05) is 25.4 Å². The molecule has 2 unspecified atom stereocenters. The van der Waals surface area contributed by atoms with Gasteiger partial charge in [0.1, 0.15) is 0 Å². The molecule has 1 aliphatic carbocycles. The molecular formula is C11H15BrClNS. The molecule has 1 aromatic heterocycles. The monoisotopic (exact) mass is 307 g/mol. The van der Waals surface area contributed by atoms with Gasteiger partial charge in [0.15, 0.2) is 0 Å². The van der Waals surface area contributed by atoms with E-state index in [9.17, 15) is 0 Å². The molecular weight excluding hydrogens is 294 g/mol. The fraction of sp³-hybridized carbons (Fsp3) is 0.636. The molecule has 0 radical (unpaired) electrons. The molecule has 1 N–H and O–H groups in total. The van der Waals surface area contributed by atoms with Crippen LogP contribution in [0.5, 0.6) is 0 Å². The highest BCUT2D eigenvalue weighted by Crippen LogP contribution is 2.58. The highest BCUT2D eigenvalue weighted by molar-refractivity contribution is 9.11. The molecule has 2 atom stereocenters. The number of hydrogen-bond donors (Lipinski definition) is 1. The first-order valence-electron chi connectivity index (χ1n) is 5.07. The van der Waals surface area contributed by atoms with Gasteiger partial charge in [-0.25, -0.2) is 0 Å². The van der Waals surface area contributed by atoms with Gasteiger partial charge >= 0.3 is 0 Å². The zero-order valence-corrected chi connectivity index (χ0v) is 12.3. The second kappa shape index (κ2) is 4.02. The summed E-state index contributed by atoms with van der Waals surface area (Å²) in [5, 5.41) is 4.23. The standard InChI is InChI=1S/C11H15BrClNS/c1-11(2)5-6(11)9(14-3)8-4-7(13)10(12)15-8/h4,6,9,14H,5H2,1-3H3. The molecule has 1 aromatic rings. The normalized spacial score (nSPS) is 25.3. The lowest BCUT2D eigenvalue weighted by Gasteiger charge is -2.16. The number of hydrogen-bond acceptors (Lipinski definition) is 2. The highest BCUT2D eigenvalue weighted by Gasteiger charge is 2.50. The Bertz CT molecular complexity index is 355. The number of rotatable bonds is 3. The molecule has 1 nitrogen and oxygen atoms in total. The number of thiophene rings is 1. The molecule has 0 saturated heterocycles. The van der Waals surface area contributed by atoms with Gasteiger partial charge in [0, 0.05) is 10.9 Å². The molecule has 2 rings (SSSR count). The maximum Gasteiger partial charge on any atom is 0.0887 e. The topological polar surface area (TPSA) is 12.0 Å². The van der Waals surface area contributed by atoms with E-state index in [-0.39, 0.29) is 0 Å². The van der Waals surface area contributed by atoms with Crippen LogP contribution in [0.3, 0.4) is 0 Å². The largest absolute Gasteiger partial charge is 0.312 e. The first-order chi connectivity index (χ1) is 6.95. The molecule has 84 valence electrons. The van der Waals surface area contributed by atoms with Gasteiger partial charge in [-0.15, -0.1) is 11.3 Å². The zero-order valence-electron chi connectivity index (χ0n) is 9.10. The summed E-state index contributed by atoms with van der Waals surface area (Å²) in [5.41, 5.74) is 0.483. The maximum absolute atomic E-state index is 6.06. The van der Waals surface area contributed by atoms with Crippen LogP contribution in [0, 0.1) is 11.3 Å². The Kier molecular flexibility index (Phi) is 3.19. The lowest BCUT2D eigenvalue weighted by atomic mass is 10.0. The van der Waals surface area contributed by atoms with Crippen LogP contribution in [0.1, 0.15) is 31.2 Å². The Morgan fingerprint density at radius 3 is 2.60 bits per heavy atom. The van der Waals surface area contributed by atoms with Gasteiger partial charge in [0.2, 0.25) is 0 Å². The van der Waals surface area contributed by atoms with Crippen LogP contribution >= 0.6 is 38.9 Å². The fourth-order valence-corrected chi connectivity index (χ4v) is 4.06. The van der Waals surface area contributed by atoms with Gasteiger partial charge in [0.25, 0.3) is 0 Å². The summed E-state index contributed by atoms with van der Waals surface area (Å²) >= 11 is 11.3. The molecule has 15 heavy (non-hydrogen) atoms. The average Bonchev–Trinajstić information content (AvgIpc) is 2.62. The van der Waals surface area contributed by atoms with E-state index in [0.717, 1.165) is 14.7 Å². The van der Waals surface area contributed by atoms with E-state index in [1.807, 2.05) is 7.05 Å². The van der Waals surface area contributed by atoms with E-state index >= 15 is 0 Å². The smallest absolute Gasteiger partial charge is 0.0887 e. The van der Waals surface area contributed by atoms with Crippen molar-refractivity contribution < 1.29 is 0 Å². The van der Waals surface area contributed by atoms with E-state index < -0.39 is 0 Å². The Labute approximate surface area is 108 Å². The van der Waals surface area contributed by atoms with Crippen molar-refractivity contribution in [1.82, 2.24) is 5.32 Å². The summed E-state index contributed by atoms with van der Waals surface area (Å²) in [4.78, 5) is 1.34. The van der Waals surface area contributed by atoms with E-state index in [2.05, 4.69) is 41.2 Å². The Morgan fingerprint density at radius 2 is 2.27 bits per heavy atom. The molecule has 1 heterocycles. The summed E-state index contributed by atoms with van der Waals surface area (Å²) in [7, 11) is 2.03. The third-order valence-electron chi connectivity index (χ3n) is 3.27. The van der Waals surface area contributed by atoms with Crippen molar-refractivity contribution in [3.63, 3.8) is 0 Å². The van der Waals surface area contributed by atoms with Gasteiger partial charge < -0.3 is 5.32 Å². The minimum Gasteiger partial charge on any atom is -0.312 e. The molecule has 0 aliphatic heterocycles. The van der Waals surface area contributed by atoms with Gasteiger partial charge in [-0.3, -0.25) is 0 Å². The van der Waals surface area contributed by atoms with Crippen LogP contribution in [0.15, 0.2) is 9.85 Å². The number of halogens is 2. The van der Waals surface area contributed by atoms with Crippen LogP contribution in [0.4, 0.5) is 0 Å². The quantitative estimate of drug-likeness (QED) is 0.868. The minimum atomic E-state index is 0.453. The molecule has 1 saturated carbocycles. The maximum atomic E-state index is 6.06. The minimum absolute atomic E-state index is 0.453. The molecule has 0 aromatic carbocycles. The lowest BCUT2D eigenvalue weighted by Crippen LogP contribution is -2.19. The summed E-state index contributed by atoms with van der Waals surface area (Å²) in [6.45, 7) is 4.65. The zero-order chi connectivity index (χ0) is 11.2. The van der Waals surface area contributed by atoms with Gasteiger partial charge in [-0.05, 0) is 46.8 Å². The molecule has 4 heteroatoms. The Morgan fingerprint density at radius 1 is 1.67 bits per heavy atom. The van der Waals surface area contributed by atoms with E-state index in [4.69, 9.17) is 11.6 Å². The summed E-state index contributed by atoms with van der Waals surface area (Å²) in [6.07, 6.45) is 1.30. The second-order valence-corrected chi connectivity index (χ2v) is 7.64. The van der Waals surface area contributed by atoms with Gasteiger partial charge in [-0.2, -0.15) is 0 Å². The summed E-state index contributed by atoms with van der Waals surface area (Å²) < 4.78 is 1.04. The average molecular weight is 309 g/mol. The molecule has 0 bridgehead atoms. The van der Waals surface area contributed by atoms with E-state index in [1.165, 1.54) is 11.3 Å². The van der Waals surface area contributed by atoms with Crippen molar-refractivity contribution in [2.45, 2.75) is 26.3 Å². The first kappa shape index (κ1) is 11.9. The Hall–Kier alpha value is 0.430. The highest BCUT2D eigenvalue weighted by atomic mass is 79.9. The fourth-order valence-electron chi connectivity index (χ4n) is 2.14. The lowest BCUT2D eigenvalue weighted by molar-refractivity contribution is 0.446. The van der Waals surface area contributed by atoms with E-state index in [1.54, 1.807) is 11.3 Å². The van der Waals surface area contributed by atoms with Crippen LogP contribution < -0.4 is 5.32 Å². The predicted molar refractivity (Wildman–Crippen MR) is 70.7 cm³/mol. The van der Waals surface area contributed by atoms with Crippen LogP contribution in [0.25, 0.3) is 0 Å². The third-order valence-corrected chi connectivity index (χ3v) is 5.83. The van der Waals surface area contributed by atoms with Crippen LogP contribution in [-0.4, -0.2) is 7.05 Å². The second-order valence-electron chi connectivity index (χ2n) is 4.84. The molecule has 0 amide bonds. The van der Waals surface area contributed by atoms with Gasteiger partial charge in [0.05, 0.1) is 8.81 Å². The molecule has 1 aliphatic rings. The summed E-state index contributed by atoms with van der Waals surface area (Å²) in [5.74, 6) is 0.740. The van der Waals surface area contributed by atoms with Crippen molar-refractivity contribution in [3.8, 4) is 0 Å². The molecule has 0 spiro atoms.